The maximum atomic E-state index is 4.18. The third kappa shape index (κ3) is 2.83. The molecule has 4 nitrogen and oxygen atoms in total. The fourth-order valence-corrected chi connectivity index (χ4v) is 2.24. The second-order valence-electron chi connectivity index (χ2n) is 4.63. The molecule has 90 valence electrons. The van der Waals surface area contributed by atoms with Crippen molar-refractivity contribution in [3.05, 3.63) is 18.2 Å². The standard InChI is InChI=1S/C12H22N4/c1-3-16-10-13-8-12(16)9-14-11-4-6-15(2)7-5-11/h8,10-11,14H,3-7,9H2,1-2H3. The average molecular weight is 222 g/mol. The average Bonchev–Trinajstić information content (AvgIpc) is 2.76. The van der Waals surface area contributed by atoms with E-state index in [1.807, 2.05) is 12.5 Å². The first-order chi connectivity index (χ1) is 7.79. The van der Waals surface area contributed by atoms with E-state index in [-0.39, 0.29) is 0 Å². The lowest BCUT2D eigenvalue weighted by atomic mass is 10.1. The number of likely N-dealkylation sites (tertiary alicyclic amines) is 1. The van der Waals surface area contributed by atoms with Gasteiger partial charge in [-0.1, -0.05) is 0 Å². The maximum absolute atomic E-state index is 4.18. The summed E-state index contributed by atoms with van der Waals surface area (Å²) in [7, 11) is 2.20. The minimum absolute atomic E-state index is 0.677. The predicted molar refractivity (Wildman–Crippen MR) is 65.3 cm³/mol. The first kappa shape index (κ1) is 11.6. The maximum Gasteiger partial charge on any atom is 0.0948 e. The third-order valence-corrected chi connectivity index (χ3v) is 3.43. The van der Waals surface area contributed by atoms with Gasteiger partial charge in [0.2, 0.25) is 0 Å². The summed E-state index contributed by atoms with van der Waals surface area (Å²) in [6, 6.07) is 0.677. The van der Waals surface area contributed by atoms with Crippen molar-refractivity contribution in [2.75, 3.05) is 20.1 Å². The summed E-state index contributed by atoms with van der Waals surface area (Å²) in [5, 5.41) is 3.63. The van der Waals surface area contributed by atoms with E-state index >= 15 is 0 Å². The van der Waals surface area contributed by atoms with Gasteiger partial charge in [-0.2, -0.15) is 0 Å². The molecule has 1 aromatic rings. The van der Waals surface area contributed by atoms with Gasteiger partial charge < -0.3 is 14.8 Å². The van der Waals surface area contributed by atoms with Crippen molar-refractivity contribution in [3.8, 4) is 0 Å². The van der Waals surface area contributed by atoms with Gasteiger partial charge in [-0.15, -0.1) is 0 Å². The van der Waals surface area contributed by atoms with Gasteiger partial charge in [0.15, 0.2) is 0 Å². The van der Waals surface area contributed by atoms with Crippen molar-refractivity contribution in [1.82, 2.24) is 19.8 Å². The van der Waals surface area contributed by atoms with Gasteiger partial charge >= 0.3 is 0 Å². The van der Waals surface area contributed by atoms with Crippen molar-refractivity contribution < 1.29 is 0 Å². The second-order valence-corrected chi connectivity index (χ2v) is 4.63. The Hall–Kier alpha value is -0.870. The number of nitrogens with one attached hydrogen (secondary N) is 1. The van der Waals surface area contributed by atoms with Crippen LogP contribution >= 0.6 is 0 Å². The zero-order valence-corrected chi connectivity index (χ0v) is 10.3. The Balaban J connectivity index is 1.79. The van der Waals surface area contributed by atoms with Crippen molar-refractivity contribution >= 4 is 0 Å². The van der Waals surface area contributed by atoms with Crippen LogP contribution in [0.3, 0.4) is 0 Å². The Bertz CT molecular complexity index is 313. The fourth-order valence-electron chi connectivity index (χ4n) is 2.24. The zero-order chi connectivity index (χ0) is 11.4. The van der Waals surface area contributed by atoms with Crippen LogP contribution in [0.25, 0.3) is 0 Å². The summed E-state index contributed by atoms with van der Waals surface area (Å²) in [5.74, 6) is 0. The predicted octanol–water partition coefficient (Wildman–Crippen LogP) is 1.09. The van der Waals surface area contributed by atoms with Crippen LogP contribution in [0.2, 0.25) is 0 Å². The van der Waals surface area contributed by atoms with Crippen LogP contribution in [-0.2, 0) is 13.1 Å². The Kier molecular flexibility index (Phi) is 3.96. The van der Waals surface area contributed by atoms with Crippen LogP contribution in [0.15, 0.2) is 12.5 Å². The van der Waals surface area contributed by atoms with Gasteiger partial charge in [0.05, 0.1) is 12.0 Å². The van der Waals surface area contributed by atoms with Gasteiger partial charge in [0, 0.05) is 25.3 Å². The number of piperidine rings is 1. The van der Waals surface area contributed by atoms with E-state index in [0.717, 1.165) is 13.1 Å². The highest BCUT2D eigenvalue weighted by molar-refractivity contribution is 4.98. The van der Waals surface area contributed by atoms with Gasteiger partial charge in [0.1, 0.15) is 0 Å². The first-order valence-corrected chi connectivity index (χ1v) is 6.20. The highest BCUT2D eigenvalue weighted by Crippen LogP contribution is 2.09. The van der Waals surface area contributed by atoms with E-state index in [0.29, 0.717) is 6.04 Å². The SMILES string of the molecule is CCn1cncc1CNC1CCN(C)CC1. The van der Waals surface area contributed by atoms with Crippen molar-refractivity contribution in [3.63, 3.8) is 0 Å². The van der Waals surface area contributed by atoms with E-state index in [1.54, 1.807) is 0 Å². The molecule has 2 rings (SSSR count). The Morgan fingerprint density at radius 3 is 2.88 bits per heavy atom. The lowest BCUT2D eigenvalue weighted by Gasteiger charge is -2.29. The van der Waals surface area contributed by atoms with E-state index in [1.165, 1.54) is 31.6 Å². The summed E-state index contributed by atoms with van der Waals surface area (Å²) in [6.45, 7) is 6.53. The highest BCUT2D eigenvalue weighted by Gasteiger charge is 2.16. The summed E-state index contributed by atoms with van der Waals surface area (Å²) < 4.78 is 2.20. The number of hydrogen-bond acceptors (Lipinski definition) is 3. The fraction of sp³-hybridized carbons (Fsp3) is 0.750. The monoisotopic (exact) mass is 222 g/mol. The lowest BCUT2D eigenvalue weighted by molar-refractivity contribution is 0.233. The Labute approximate surface area is 97.7 Å². The van der Waals surface area contributed by atoms with E-state index in [4.69, 9.17) is 0 Å². The Morgan fingerprint density at radius 1 is 1.44 bits per heavy atom. The molecule has 1 aliphatic rings. The molecule has 1 fully saturated rings. The van der Waals surface area contributed by atoms with Crippen LogP contribution < -0.4 is 5.32 Å². The molecule has 0 spiro atoms. The molecular weight excluding hydrogens is 200 g/mol. The van der Waals surface area contributed by atoms with E-state index < -0.39 is 0 Å². The van der Waals surface area contributed by atoms with Gasteiger partial charge in [-0.05, 0) is 39.9 Å². The van der Waals surface area contributed by atoms with Crippen molar-refractivity contribution in [2.24, 2.45) is 0 Å². The molecule has 1 aliphatic heterocycles. The van der Waals surface area contributed by atoms with Crippen LogP contribution in [0, 0.1) is 0 Å². The van der Waals surface area contributed by atoms with Crippen molar-refractivity contribution in [1.29, 1.82) is 0 Å². The van der Waals surface area contributed by atoms with Crippen LogP contribution in [0.5, 0.6) is 0 Å². The Morgan fingerprint density at radius 2 is 2.19 bits per heavy atom. The molecule has 0 aliphatic carbocycles. The zero-order valence-electron chi connectivity index (χ0n) is 10.3. The molecule has 0 unspecified atom stereocenters. The summed E-state index contributed by atoms with van der Waals surface area (Å²) in [4.78, 5) is 6.58. The number of hydrogen-bond donors (Lipinski definition) is 1. The molecule has 1 N–H and O–H groups in total. The minimum Gasteiger partial charge on any atom is -0.334 e. The van der Waals surface area contributed by atoms with Gasteiger partial charge in [-0.25, -0.2) is 4.98 Å². The number of aromatic nitrogens is 2. The molecule has 1 aromatic heterocycles. The second kappa shape index (κ2) is 5.46. The van der Waals surface area contributed by atoms with E-state index in [9.17, 15) is 0 Å². The summed E-state index contributed by atoms with van der Waals surface area (Å²) >= 11 is 0. The van der Waals surface area contributed by atoms with Crippen molar-refractivity contribution in [2.45, 2.75) is 38.9 Å². The molecule has 0 bridgehead atoms. The first-order valence-electron chi connectivity index (χ1n) is 6.20. The smallest absolute Gasteiger partial charge is 0.0948 e. The topological polar surface area (TPSA) is 33.1 Å². The van der Waals surface area contributed by atoms with Crippen LogP contribution in [0.4, 0.5) is 0 Å². The molecule has 0 atom stereocenters. The third-order valence-electron chi connectivity index (χ3n) is 3.43. The van der Waals surface area contributed by atoms with Gasteiger partial charge in [0.25, 0.3) is 0 Å². The number of nitrogens with zero attached hydrogens (tertiary/aromatic N) is 3. The molecule has 16 heavy (non-hydrogen) atoms. The summed E-state index contributed by atoms with van der Waals surface area (Å²) in [5.41, 5.74) is 1.29. The molecular formula is C12H22N4. The molecule has 0 radical (unpaired) electrons. The van der Waals surface area contributed by atoms with Crippen LogP contribution in [0.1, 0.15) is 25.5 Å². The quantitative estimate of drug-likeness (QED) is 0.828. The van der Waals surface area contributed by atoms with Crippen LogP contribution in [-0.4, -0.2) is 40.6 Å². The molecule has 2 heterocycles. The van der Waals surface area contributed by atoms with E-state index in [2.05, 4.69) is 33.7 Å². The number of rotatable bonds is 4. The lowest BCUT2D eigenvalue weighted by Crippen LogP contribution is -2.40. The highest BCUT2D eigenvalue weighted by atomic mass is 15.1. The van der Waals surface area contributed by atoms with Gasteiger partial charge in [-0.3, -0.25) is 0 Å². The molecule has 0 amide bonds. The number of imidazole rings is 1. The number of aryl methyl sites for hydroxylation is 1. The molecule has 0 aromatic carbocycles. The summed E-state index contributed by atoms with van der Waals surface area (Å²) in [6.07, 6.45) is 6.39. The minimum atomic E-state index is 0.677. The molecule has 1 saturated heterocycles. The normalized spacial score (nSPS) is 19.1. The largest absolute Gasteiger partial charge is 0.334 e. The molecule has 4 heteroatoms. The molecule has 0 saturated carbocycles.